The highest BCUT2D eigenvalue weighted by molar-refractivity contribution is 8.07. The van der Waals surface area contributed by atoms with Crippen molar-refractivity contribution in [2.24, 2.45) is 17.6 Å². The molecule has 42 heavy (non-hydrogen) atoms. The fourth-order valence-electron chi connectivity index (χ4n) is 5.54. The number of rotatable bonds is 3. The summed E-state index contributed by atoms with van der Waals surface area (Å²) in [5.74, 6) is -0.941. The third-order valence-corrected chi connectivity index (χ3v) is 10.6. The second-order valence-electron chi connectivity index (χ2n) is 10.4. The Balaban J connectivity index is 1.27. The number of nitrogen functional groups attached to an aromatic ring is 1. The van der Waals surface area contributed by atoms with Crippen LogP contribution in [0.3, 0.4) is 0 Å². The molecule has 2 bridgehead atoms. The van der Waals surface area contributed by atoms with Crippen molar-refractivity contribution in [1.82, 2.24) is 24.5 Å². The van der Waals surface area contributed by atoms with Crippen LogP contribution in [0.25, 0.3) is 11.2 Å². The van der Waals surface area contributed by atoms with Crippen molar-refractivity contribution >= 4 is 49.0 Å². The molecule has 2 unspecified atom stereocenters. The van der Waals surface area contributed by atoms with Crippen LogP contribution in [0.2, 0.25) is 0 Å². The summed E-state index contributed by atoms with van der Waals surface area (Å²) in [6.07, 6.45) is 0.285. The molecule has 2 saturated heterocycles. The van der Waals surface area contributed by atoms with Gasteiger partial charge in [0.15, 0.2) is 11.5 Å². The number of aliphatic hydroxyl groups excluding tert-OH is 1. The Kier molecular flexibility index (Phi) is 7.94. The lowest BCUT2D eigenvalue weighted by Crippen LogP contribution is -2.43. The first-order valence-electron chi connectivity index (χ1n) is 13.0. The maximum Gasteiger partial charge on any atom is 0.328 e. The maximum atomic E-state index is 13.6. The number of fused-ring (bicyclic) bond motifs is 4. The van der Waals surface area contributed by atoms with Crippen LogP contribution < -0.4 is 11.5 Å². The van der Waals surface area contributed by atoms with E-state index in [2.05, 4.69) is 19.9 Å². The van der Waals surface area contributed by atoms with Gasteiger partial charge >= 0.3 is 14.3 Å². The Bertz CT molecular complexity index is 1610. The largest absolute Gasteiger partial charge is 0.387 e. The number of aliphatic hydroxyl groups is 1. The van der Waals surface area contributed by atoms with Gasteiger partial charge in [0.2, 0.25) is 0 Å². The maximum absolute atomic E-state index is 13.6. The van der Waals surface area contributed by atoms with E-state index >= 15 is 0 Å². The average Bonchev–Trinajstić information content (AvgIpc) is 3.48. The van der Waals surface area contributed by atoms with Gasteiger partial charge in [0, 0.05) is 24.8 Å². The van der Waals surface area contributed by atoms with Crippen LogP contribution in [0.5, 0.6) is 0 Å². The van der Waals surface area contributed by atoms with E-state index in [0.717, 1.165) is 0 Å². The van der Waals surface area contributed by atoms with Gasteiger partial charge in [-0.2, -0.15) is 0 Å². The predicted molar refractivity (Wildman–Crippen MR) is 150 cm³/mol. The van der Waals surface area contributed by atoms with Crippen LogP contribution in [-0.2, 0) is 39.2 Å². The van der Waals surface area contributed by atoms with Gasteiger partial charge in [0.05, 0.1) is 26.1 Å². The molecule has 6 rings (SSSR count). The lowest BCUT2D eigenvalue weighted by Gasteiger charge is -2.45. The number of amides is 1. The minimum Gasteiger partial charge on any atom is -0.387 e. The molecule has 226 valence electrons. The fourth-order valence-corrected chi connectivity index (χ4v) is 7.87. The molecule has 0 spiro atoms. The average molecular weight is 642 g/mol. The number of ether oxygens (including phenoxy) is 1. The molecule has 19 heteroatoms. The molecule has 3 fully saturated rings. The first kappa shape index (κ1) is 29.6. The fraction of sp³-hybridized carbons (Fsp3) is 0.522. The van der Waals surface area contributed by atoms with Crippen molar-refractivity contribution in [2.75, 3.05) is 32.2 Å². The highest BCUT2D eigenvalue weighted by Gasteiger charge is 2.50. The minimum atomic E-state index is -3.79. The lowest BCUT2D eigenvalue weighted by molar-refractivity contribution is -0.0272. The van der Waals surface area contributed by atoms with E-state index in [9.17, 15) is 19.4 Å². The monoisotopic (exact) mass is 641 g/mol. The molecular formula is C23H29N7O9P2S. The second kappa shape index (κ2) is 11.2. The van der Waals surface area contributed by atoms with Crippen molar-refractivity contribution in [3.05, 3.63) is 42.2 Å². The smallest absolute Gasteiger partial charge is 0.328 e. The van der Waals surface area contributed by atoms with E-state index in [0.29, 0.717) is 23.1 Å². The minimum absolute atomic E-state index is 0.00613. The summed E-state index contributed by atoms with van der Waals surface area (Å²) in [6, 6.07) is 2.77. The van der Waals surface area contributed by atoms with Gasteiger partial charge < -0.3 is 44.3 Å². The Labute approximate surface area is 244 Å². The number of aromatic nitrogens is 5. The Hall–Kier alpha value is -2.43. The number of imidazole rings is 1. The molecule has 1 saturated carbocycles. The molecule has 0 radical (unpaired) electrons. The third-order valence-electron chi connectivity index (χ3n) is 7.76. The molecule has 3 aliphatic rings. The highest BCUT2D eigenvalue weighted by Crippen LogP contribution is 2.55. The normalized spacial score (nSPS) is 37.5. The van der Waals surface area contributed by atoms with E-state index in [1.165, 1.54) is 25.3 Å². The first-order valence-corrected chi connectivity index (χ1v) is 17.5. The number of anilines is 1. The summed E-state index contributed by atoms with van der Waals surface area (Å²) in [4.78, 5) is 39.1. The molecule has 0 aromatic carbocycles. The number of carbonyl (C=O) groups is 1. The topological polar surface area (TPSA) is 229 Å². The van der Waals surface area contributed by atoms with Gasteiger partial charge in [-0.1, -0.05) is 0 Å². The standard InChI is InChI=1S/C23H29N7O9P2S/c1-40(33)35-6-12-5-15(30-10-29-17-21(24)27-9-28-23(17)30)13(12)7-36-41(34,42)37-8-16-18(31)20(39-40)19(38-16)11-2-3-26-14(4-11)22(25)32/h2-4,9-10,12-13,15-16,18-20,31H,5-8H2,1H3,(H2,25,32)(H,34,42)(H2,24,27,28)/t12-,13-,15-,16-,18-,19?,20-,40+,41?/m1/s1. The highest BCUT2D eigenvalue weighted by atomic mass is 32.5. The zero-order valence-corrected chi connectivity index (χ0v) is 24.8. The summed E-state index contributed by atoms with van der Waals surface area (Å²) < 4.78 is 44.4. The van der Waals surface area contributed by atoms with Crippen molar-refractivity contribution in [2.45, 2.75) is 36.9 Å². The van der Waals surface area contributed by atoms with Crippen LogP contribution in [0, 0.1) is 11.8 Å². The van der Waals surface area contributed by atoms with E-state index in [1.807, 2.05) is 4.57 Å². The summed E-state index contributed by atoms with van der Waals surface area (Å²) >= 11 is 5.25. The van der Waals surface area contributed by atoms with E-state index in [4.69, 9.17) is 46.1 Å². The Morgan fingerprint density at radius 3 is 2.74 bits per heavy atom. The number of primary amides is 1. The van der Waals surface area contributed by atoms with Gasteiger partial charge in [0.1, 0.15) is 42.0 Å². The van der Waals surface area contributed by atoms with Crippen LogP contribution in [0.15, 0.2) is 31.0 Å². The molecule has 3 aromatic rings. The molecule has 3 aromatic heterocycles. The van der Waals surface area contributed by atoms with Gasteiger partial charge in [-0.25, -0.2) is 15.0 Å². The summed E-state index contributed by atoms with van der Waals surface area (Å²) in [5.41, 5.74) is 12.7. The quantitative estimate of drug-likeness (QED) is 0.293. The number of pyridine rings is 1. The number of hydrogen-bond donors (Lipinski definition) is 4. The predicted octanol–water partition coefficient (Wildman–Crippen LogP) is 1.07. The van der Waals surface area contributed by atoms with Crippen molar-refractivity contribution in [3.8, 4) is 0 Å². The second-order valence-corrected chi connectivity index (χ2v) is 15.3. The van der Waals surface area contributed by atoms with Gasteiger partial charge in [-0.15, -0.1) is 0 Å². The SMILES string of the molecule is C[P@]1(=O)OC[C@H]2C[C@@H](n3cnc4c(N)ncnc43)[C@@H]2COP(O)(=S)OC[C@H]2OC(c3ccnc(C(N)=O)c3)[C@H](O1)[C@@H]2O. The summed E-state index contributed by atoms with van der Waals surface area (Å²) in [6.45, 7) is -2.81. The molecular weight excluding hydrogens is 612 g/mol. The van der Waals surface area contributed by atoms with Crippen molar-refractivity contribution in [3.63, 3.8) is 0 Å². The summed E-state index contributed by atoms with van der Waals surface area (Å²) in [5, 5.41) is 11.1. The number of carbonyl (C=O) groups excluding carboxylic acids is 1. The lowest BCUT2D eigenvalue weighted by atomic mass is 9.70. The summed E-state index contributed by atoms with van der Waals surface area (Å²) in [7, 11) is -3.76. The molecule has 6 N–H and O–H groups in total. The van der Waals surface area contributed by atoms with Crippen LogP contribution in [0.1, 0.15) is 34.6 Å². The number of nitrogens with zero attached hydrogens (tertiary/aromatic N) is 5. The van der Waals surface area contributed by atoms with Crippen molar-refractivity contribution < 1.29 is 42.2 Å². The van der Waals surface area contributed by atoms with E-state index in [1.54, 1.807) is 12.4 Å². The number of nitrogens with two attached hydrogens (primary N) is 2. The van der Waals surface area contributed by atoms with Gasteiger partial charge in [-0.05, 0) is 41.8 Å². The van der Waals surface area contributed by atoms with Crippen LogP contribution in [-0.4, -0.2) is 85.2 Å². The molecule has 2 aliphatic heterocycles. The Morgan fingerprint density at radius 1 is 1.17 bits per heavy atom. The van der Waals surface area contributed by atoms with Crippen molar-refractivity contribution in [1.29, 1.82) is 0 Å². The van der Waals surface area contributed by atoms with E-state index in [-0.39, 0.29) is 49.2 Å². The zero-order chi connectivity index (χ0) is 29.8. The van der Waals surface area contributed by atoms with Gasteiger partial charge in [0.25, 0.3) is 5.91 Å². The molecule has 1 aliphatic carbocycles. The molecule has 5 heterocycles. The zero-order valence-electron chi connectivity index (χ0n) is 22.2. The third kappa shape index (κ3) is 5.74. The number of hydrogen-bond acceptors (Lipinski definition) is 14. The molecule has 16 nitrogen and oxygen atoms in total. The van der Waals surface area contributed by atoms with Crippen LogP contribution in [0.4, 0.5) is 5.82 Å². The first-order chi connectivity index (χ1) is 19.9. The Morgan fingerprint density at radius 2 is 1.95 bits per heavy atom. The molecule has 1 amide bonds. The van der Waals surface area contributed by atoms with E-state index < -0.39 is 44.6 Å². The molecule has 9 atom stereocenters. The van der Waals surface area contributed by atoms with Gasteiger partial charge in [-0.3, -0.25) is 18.9 Å². The van der Waals surface area contributed by atoms with Crippen LogP contribution >= 0.6 is 14.3 Å².